The molecule has 9 nitrogen and oxygen atoms in total. The van der Waals surface area contributed by atoms with Crippen LogP contribution < -0.4 is 0 Å². The van der Waals surface area contributed by atoms with Crippen molar-refractivity contribution < 1.29 is 43.5 Å². The van der Waals surface area contributed by atoms with Crippen LogP contribution in [0.4, 0.5) is 0 Å². The van der Waals surface area contributed by atoms with Crippen LogP contribution in [0.15, 0.2) is 60.7 Å². The number of aliphatic hydroxyl groups is 4. The molecule has 1 fully saturated rings. The number of benzene rings is 2. The molecule has 5 atom stereocenters. The van der Waals surface area contributed by atoms with Gasteiger partial charge in [-0.05, 0) is 24.0 Å². The van der Waals surface area contributed by atoms with Crippen LogP contribution in [0.5, 0.6) is 0 Å². The van der Waals surface area contributed by atoms with Crippen LogP contribution in [0.3, 0.4) is 0 Å². The van der Waals surface area contributed by atoms with Crippen LogP contribution in [0.1, 0.15) is 24.0 Å². The van der Waals surface area contributed by atoms with Gasteiger partial charge in [-0.3, -0.25) is 0 Å². The lowest BCUT2D eigenvalue weighted by atomic mass is 9.99. The maximum Gasteiger partial charge on any atom is 0.333 e. The quantitative estimate of drug-likeness (QED) is 0.230. The topological polar surface area (TPSA) is 127 Å². The predicted molar refractivity (Wildman–Crippen MR) is 124 cm³/mol. The van der Waals surface area contributed by atoms with Crippen molar-refractivity contribution in [1.29, 1.82) is 0 Å². The molecule has 34 heavy (non-hydrogen) atoms. The standard InChI is InChI=1S/C24H33O9P/c25-15-20-21(26)22(27)23(28)24(33-20)29-13-7-8-14-30-34(31-16-18-9-3-1-4-10-18)32-17-19-11-5-2-6-12-19/h1-6,9-12,20-28H,7-8,13-17H2. The molecule has 2 aromatic rings. The first-order valence-corrected chi connectivity index (χ1v) is 12.4. The van der Waals surface area contributed by atoms with Crippen LogP contribution in [-0.4, -0.2) is 71.0 Å². The van der Waals surface area contributed by atoms with E-state index in [1.807, 2.05) is 60.7 Å². The zero-order valence-corrected chi connectivity index (χ0v) is 19.8. The summed E-state index contributed by atoms with van der Waals surface area (Å²) in [6.45, 7) is 0.879. The first-order valence-electron chi connectivity index (χ1n) is 11.3. The summed E-state index contributed by atoms with van der Waals surface area (Å²) in [6.07, 6.45) is -5.14. The van der Waals surface area contributed by atoms with E-state index in [0.717, 1.165) is 11.1 Å². The Bertz CT molecular complexity index is 752. The molecule has 1 saturated heterocycles. The second-order valence-electron chi connectivity index (χ2n) is 7.85. The van der Waals surface area contributed by atoms with Crippen molar-refractivity contribution in [3.63, 3.8) is 0 Å². The van der Waals surface area contributed by atoms with Gasteiger partial charge in [0.05, 0.1) is 26.4 Å². The van der Waals surface area contributed by atoms with E-state index < -0.39 is 45.9 Å². The van der Waals surface area contributed by atoms with Gasteiger partial charge in [-0.2, -0.15) is 0 Å². The Morgan fingerprint density at radius 3 is 1.82 bits per heavy atom. The second-order valence-corrected chi connectivity index (χ2v) is 9.07. The van der Waals surface area contributed by atoms with Crippen LogP contribution in [-0.2, 0) is 36.3 Å². The van der Waals surface area contributed by atoms with Gasteiger partial charge in [0.1, 0.15) is 24.4 Å². The lowest BCUT2D eigenvalue weighted by Crippen LogP contribution is -2.59. The summed E-state index contributed by atoms with van der Waals surface area (Å²) in [5.74, 6) is 0. The third-order valence-corrected chi connectivity index (χ3v) is 6.30. The normalized spacial score (nSPS) is 25.0. The molecular weight excluding hydrogens is 463 g/mol. The summed E-state index contributed by atoms with van der Waals surface area (Å²) in [5, 5.41) is 38.9. The van der Waals surface area contributed by atoms with Gasteiger partial charge in [0.15, 0.2) is 6.29 Å². The van der Waals surface area contributed by atoms with Gasteiger partial charge in [-0.1, -0.05) is 60.7 Å². The predicted octanol–water partition coefficient (Wildman–Crippen LogP) is 2.26. The summed E-state index contributed by atoms with van der Waals surface area (Å²) in [6, 6.07) is 19.6. The van der Waals surface area contributed by atoms with E-state index in [1.165, 1.54) is 0 Å². The molecule has 0 aliphatic carbocycles. The van der Waals surface area contributed by atoms with Crippen molar-refractivity contribution >= 4 is 8.60 Å². The van der Waals surface area contributed by atoms with Gasteiger partial charge >= 0.3 is 8.60 Å². The Morgan fingerprint density at radius 2 is 1.26 bits per heavy atom. The monoisotopic (exact) mass is 496 g/mol. The highest BCUT2D eigenvalue weighted by molar-refractivity contribution is 7.41. The average Bonchev–Trinajstić information content (AvgIpc) is 2.88. The molecule has 0 spiro atoms. The summed E-state index contributed by atoms with van der Waals surface area (Å²) in [5.41, 5.74) is 2.05. The lowest BCUT2D eigenvalue weighted by molar-refractivity contribution is -0.301. The number of hydrogen-bond acceptors (Lipinski definition) is 9. The lowest BCUT2D eigenvalue weighted by Gasteiger charge is -2.39. The molecule has 10 heteroatoms. The van der Waals surface area contributed by atoms with Gasteiger partial charge < -0.3 is 43.5 Å². The van der Waals surface area contributed by atoms with Crippen molar-refractivity contribution in [2.45, 2.75) is 56.8 Å². The van der Waals surface area contributed by atoms with E-state index in [-0.39, 0.29) is 6.61 Å². The summed E-state index contributed by atoms with van der Waals surface area (Å²) >= 11 is 0. The fourth-order valence-electron chi connectivity index (χ4n) is 3.26. The van der Waals surface area contributed by atoms with Crippen LogP contribution in [0.2, 0.25) is 0 Å². The number of hydrogen-bond donors (Lipinski definition) is 4. The molecule has 1 heterocycles. The van der Waals surface area contributed by atoms with E-state index in [0.29, 0.717) is 32.7 Å². The molecule has 0 radical (unpaired) electrons. The van der Waals surface area contributed by atoms with Crippen LogP contribution in [0.25, 0.3) is 0 Å². The molecule has 5 unspecified atom stereocenters. The number of rotatable bonds is 14. The molecule has 0 saturated carbocycles. The number of unbranched alkanes of at least 4 members (excludes halogenated alkanes) is 1. The molecule has 0 amide bonds. The van der Waals surface area contributed by atoms with Gasteiger partial charge in [-0.25, -0.2) is 0 Å². The molecular formula is C24H33O9P. The Hall–Kier alpha value is -1.49. The molecule has 188 valence electrons. The van der Waals surface area contributed by atoms with E-state index >= 15 is 0 Å². The van der Waals surface area contributed by atoms with Crippen LogP contribution in [0, 0.1) is 0 Å². The smallest absolute Gasteiger partial charge is 0.333 e. The Kier molecular flexibility index (Phi) is 11.8. The summed E-state index contributed by atoms with van der Waals surface area (Å²) < 4.78 is 28.4. The molecule has 0 aromatic heterocycles. The third-order valence-electron chi connectivity index (χ3n) is 5.22. The average molecular weight is 496 g/mol. The van der Waals surface area contributed by atoms with Crippen molar-refractivity contribution in [2.24, 2.45) is 0 Å². The SMILES string of the molecule is OCC1OC(OCCCCOP(OCc2ccccc2)OCc2ccccc2)C(O)C(O)C1O. The fraction of sp³-hybridized carbons (Fsp3) is 0.500. The highest BCUT2D eigenvalue weighted by Crippen LogP contribution is 2.41. The molecule has 0 bridgehead atoms. The minimum atomic E-state index is -1.56. The molecule has 3 rings (SSSR count). The maximum atomic E-state index is 10.0. The molecule has 1 aliphatic heterocycles. The highest BCUT2D eigenvalue weighted by Gasteiger charge is 2.43. The number of aliphatic hydroxyl groups excluding tert-OH is 4. The third kappa shape index (κ3) is 8.62. The zero-order chi connectivity index (χ0) is 24.2. The molecule has 1 aliphatic rings. The molecule has 4 N–H and O–H groups in total. The summed E-state index contributed by atoms with van der Waals surface area (Å²) in [7, 11) is -1.56. The Labute approximate surface area is 200 Å². The van der Waals surface area contributed by atoms with Crippen molar-refractivity contribution in [3.05, 3.63) is 71.8 Å². The van der Waals surface area contributed by atoms with Gasteiger partial charge in [0.2, 0.25) is 0 Å². The molecule has 2 aromatic carbocycles. The minimum Gasteiger partial charge on any atom is -0.394 e. The van der Waals surface area contributed by atoms with Crippen molar-refractivity contribution in [1.82, 2.24) is 0 Å². The van der Waals surface area contributed by atoms with Gasteiger partial charge in [-0.15, -0.1) is 0 Å². The maximum absolute atomic E-state index is 10.0. The van der Waals surface area contributed by atoms with Crippen molar-refractivity contribution in [2.75, 3.05) is 19.8 Å². The first-order chi connectivity index (χ1) is 16.6. The van der Waals surface area contributed by atoms with Crippen LogP contribution >= 0.6 is 8.60 Å². The van der Waals surface area contributed by atoms with E-state index in [2.05, 4.69) is 0 Å². The Balaban J connectivity index is 1.38. The second kappa shape index (κ2) is 14.8. The largest absolute Gasteiger partial charge is 0.394 e. The minimum absolute atomic E-state index is 0.236. The fourth-order valence-corrected chi connectivity index (χ4v) is 4.27. The van der Waals surface area contributed by atoms with Gasteiger partial charge in [0, 0.05) is 6.61 Å². The van der Waals surface area contributed by atoms with E-state index in [1.54, 1.807) is 0 Å². The number of ether oxygens (including phenoxy) is 2. The summed E-state index contributed by atoms with van der Waals surface area (Å²) in [4.78, 5) is 0. The Morgan fingerprint density at radius 1 is 0.706 bits per heavy atom. The highest BCUT2D eigenvalue weighted by atomic mass is 31.2. The van der Waals surface area contributed by atoms with E-state index in [4.69, 9.17) is 23.0 Å². The van der Waals surface area contributed by atoms with Crippen molar-refractivity contribution in [3.8, 4) is 0 Å². The first kappa shape index (κ1) is 27.1. The van der Waals surface area contributed by atoms with E-state index in [9.17, 15) is 20.4 Å². The van der Waals surface area contributed by atoms with Gasteiger partial charge in [0.25, 0.3) is 0 Å². The zero-order valence-electron chi connectivity index (χ0n) is 18.9.